The van der Waals surface area contributed by atoms with Crippen LogP contribution in [0.1, 0.15) is 36.8 Å². The minimum atomic E-state index is -0.827. The second kappa shape index (κ2) is 7.61. The fourth-order valence-corrected chi connectivity index (χ4v) is 5.33. The first-order valence-electron chi connectivity index (χ1n) is 10.4. The monoisotopic (exact) mass is 438 g/mol. The molecular formula is C24H23ClN2O4. The summed E-state index contributed by atoms with van der Waals surface area (Å²) in [6, 6.07) is 9.65. The molecule has 2 N–H and O–H groups in total. The first kappa shape index (κ1) is 19.9. The Kier molecular flexibility index (Phi) is 4.89. The number of rotatable bonds is 4. The number of anilines is 1. The number of urea groups is 1. The average molecular weight is 439 g/mol. The van der Waals surface area contributed by atoms with E-state index in [4.69, 9.17) is 26.8 Å². The number of carbonyl (C=O) groups excluding carboxylic acids is 2. The van der Waals surface area contributed by atoms with Gasteiger partial charge in [0.15, 0.2) is 11.5 Å². The first-order chi connectivity index (χ1) is 14.9. The van der Waals surface area contributed by atoms with Gasteiger partial charge in [0.2, 0.25) is 0 Å². The van der Waals surface area contributed by atoms with Crippen LogP contribution < -0.4 is 20.1 Å². The number of nitrogens with zero attached hydrogens (tertiary/aromatic N) is 1. The second-order valence-corrected chi connectivity index (χ2v) is 8.88. The van der Waals surface area contributed by atoms with Crippen molar-refractivity contribution in [2.75, 3.05) is 12.0 Å². The van der Waals surface area contributed by atoms with Gasteiger partial charge in [-0.05, 0) is 79.5 Å². The lowest BCUT2D eigenvalue weighted by Gasteiger charge is -2.24. The molecule has 7 heteroatoms. The molecule has 160 valence electrons. The van der Waals surface area contributed by atoms with Crippen LogP contribution in [0.5, 0.6) is 11.5 Å². The third kappa shape index (κ3) is 3.45. The van der Waals surface area contributed by atoms with Gasteiger partial charge < -0.3 is 15.2 Å². The van der Waals surface area contributed by atoms with Crippen molar-refractivity contribution in [2.24, 2.45) is 17.6 Å². The zero-order valence-corrected chi connectivity index (χ0v) is 17.9. The minimum Gasteiger partial charge on any atom is -0.493 e. The van der Waals surface area contributed by atoms with Crippen LogP contribution in [0.2, 0.25) is 5.02 Å². The number of fused-ring (bicyclic) bond motifs is 3. The SMILES string of the molecule is COc1ccc(/C=C2\C(=O)N(C(N)=O)c3ccc(Cl)cc32)cc1O[C@H]1C[C@@H]2CC[C@H]1C2. The van der Waals surface area contributed by atoms with Gasteiger partial charge in [-0.2, -0.15) is 0 Å². The maximum absolute atomic E-state index is 13.0. The van der Waals surface area contributed by atoms with Crippen molar-refractivity contribution in [1.82, 2.24) is 0 Å². The van der Waals surface area contributed by atoms with Gasteiger partial charge in [0, 0.05) is 10.6 Å². The van der Waals surface area contributed by atoms with Crippen molar-refractivity contribution in [1.29, 1.82) is 0 Å². The Morgan fingerprint density at radius 1 is 1.16 bits per heavy atom. The summed E-state index contributed by atoms with van der Waals surface area (Å²) in [7, 11) is 1.62. The molecule has 0 aromatic heterocycles. The van der Waals surface area contributed by atoms with E-state index >= 15 is 0 Å². The molecule has 5 rings (SSSR count). The number of ether oxygens (including phenoxy) is 2. The fourth-order valence-electron chi connectivity index (χ4n) is 5.16. The molecular weight excluding hydrogens is 416 g/mol. The molecule has 2 saturated carbocycles. The third-order valence-corrected chi connectivity index (χ3v) is 6.83. The van der Waals surface area contributed by atoms with Crippen molar-refractivity contribution >= 4 is 40.9 Å². The number of hydrogen-bond acceptors (Lipinski definition) is 4. The van der Waals surface area contributed by atoms with Crippen molar-refractivity contribution in [2.45, 2.75) is 31.8 Å². The maximum atomic E-state index is 13.0. The van der Waals surface area contributed by atoms with Gasteiger partial charge in [-0.25, -0.2) is 9.69 Å². The van der Waals surface area contributed by atoms with Crippen LogP contribution >= 0.6 is 11.6 Å². The quantitative estimate of drug-likeness (QED) is 0.689. The average Bonchev–Trinajstić information content (AvgIpc) is 3.42. The van der Waals surface area contributed by atoms with Gasteiger partial charge in [-0.1, -0.05) is 17.7 Å². The van der Waals surface area contributed by atoms with Crippen LogP contribution in [0.4, 0.5) is 10.5 Å². The van der Waals surface area contributed by atoms with E-state index in [2.05, 4.69) is 0 Å². The summed E-state index contributed by atoms with van der Waals surface area (Å²) in [6.07, 6.45) is 6.77. The van der Waals surface area contributed by atoms with E-state index in [1.807, 2.05) is 18.2 Å². The Morgan fingerprint density at radius 3 is 2.68 bits per heavy atom. The van der Waals surface area contributed by atoms with Crippen molar-refractivity contribution in [3.05, 3.63) is 52.5 Å². The molecule has 0 saturated heterocycles. The first-order valence-corrected chi connectivity index (χ1v) is 10.8. The molecule has 1 aliphatic heterocycles. The molecule has 31 heavy (non-hydrogen) atoms. The summed E-state index contributed by atoms with van der Waals surface area (Å²) in [4.78, 5) is 25.8. The lowest BCUT2D eigenvalue weighted by molar-refractivity contribution is -0.112. The lowest BCUT2D eigenvalue weighted by atomic mass is 9.97. The van der Waals surface area contributed by atoms with Crippen molar-refractivity contribution in [3.63, 3.8) is 0 Å². The standard InChI is InChI=1S/C24H23ClN2O4/c1-30-20-7-3-14(11-22(20)31-21-10-13-2-4-15(21)8-13)9-18-17-12-16(25)5-6-19(17)27(23(18)28)24(26)29/h3,5-7,9,11-13,15,21H,2,4,8,10H2,1H3,(H2,26,29)/b18-9-/t13-,15+,21+/m1/s1. The van der Waals surface area contributed by atoms with Gasteiger partial charge in [0.05, 0.1) is 18.4 Å². The topological polar surface area (TPSA) is 81.9 Å². The molecule has 0 unspecified atom stereocenters. The third-order valence-electron chi connectivity index (χ3n) is 6.59. The van der Waals surface area contributed by atoms with Gasteiger partial charge in [0.1, 0.15) is 6.10 Å². The smallest absolute Gasteiger partial charge is 0.326 e. The van der Waals surface area contributed by atoms with E-state index in [1.165, 1.54) is 19.3 Å². The summed E-state index contributed by atoms with van der Waals surface area (Å²) in [5, 5.41) is 0.471. The molecule has 1 heterocycles. The Bertz CT molecular complexity index is 1110. The van der Waals surface area contributed by atoms with Crippen LogP contribution in [0.15, 0.2) is 36.4 Å². The summed E-state index contributed by atoms with van der Waals surface area (Å²) in [6.45, 7) is 0. The van der Waals surface area contributed by atoms with E-state index in [-0.39, 0.29) is 6.10 Å². The van der Waals surface area contributed by atoms with Crippen molar-refractivity contribution in [3.8, 4) is 11.5 Å². The number of hydrogen-bond donors (Lipinski definition) is 1. The van der Waals surface area contributed by atoms with Gasteiger partial charge in [-0.3, -0.25) is 4.79 Å². The Morgan fingerprint density at radius 2 is 2.00 bits per heavy atom. The van der Waals surface area contributed by atoms with Gasteiger partial charge in [-0.15, -0.1) is 0 Å². The Hall–Kier alpha value is -2.99. The molecule has 2 aromatic rings. The molecule has 6 nitrogen and oxygen atoms in total. The molecule has 2 aromatic carbocycles. The van der Waals surface area contributed by atoms with E-state index in [0.29, 0.717) is 39.3 Å². The predicted molar refractivity (Wildman–Crippen MR) is 119 cm³/mol. The molecule has 3 amide bonds. The fraction of sp³-hybridized carbons (Fsp3) is 0.333. The van der Waals surface area contributed by atoms with Crippen LogP contribution in [-0.2, 0) is 4.79 Å². The number of imide groups is 1. The molecule has 0 radical (unpaired) electrons. The summed E-state index contributed by atoms with van der Waals surface area (Å²) < 4.78 is 11.9. The van der Waals surface area contributed by atoms with Crippen LogP contribution in [-0.4, -0.2) is 25.2 Å². The van der Waals surface area contributed by atoms with Crippen LogP contribution in [0.3, 0.4) is 0 Å². The van der Waals surface area contributed by atoms with Crippen LogP contribution in [0, 0.1) is 11.8 Å². The van der Waals surface area contributed by atoms with Gasteiger partial charge in [0.25, 0.3) is 5.91 Å². The highest BCUT2D eigenvalue weighted by atomic mass is 35.5. The largest absolute Gasteiger partial charge is 0.493 e. The lowest BCUT2D eigenvalue weighted by Crippen LogP contribution is -2.37. The highest BCUT2D eigenvalue weighted by Gasteiger charge is 2.41. The number of carbonyl (C=O) groups is 2. The number of halogens is 1. The minimum absolute atomic E-state index is 0.202. The molecule has 3 atom stereocenters. The number of benzene rings is 2. The molecule has 2 bridgehead atoms. The maximum Gasteiger partial charge on any atom is 0.326 e. The highest BCUT2D eigenvalue weighted by Crippen LogP contribution is 2.47. The van der Waals surface area contributed by atoms with Crippen molar-refractivity contribution < 1.29 is 19.1 Å². The van der Waals surface area contributed by atoms with E-state index < -0.39 is 11.9 Å². The molecule has 2 aliphatic carbocycles. The van der Waals surface area contributed by atoms with E-state index in [9.17, 15) is 9.59 Å². The summed E-state index contributed by atoms with van der Waals surface area (Å²) in [5.74, 6) is 2.22. The van der Waals surface area contributed by atoms with E-state index in [1.54, 1.807) is 31.4 Å². The van der Waals surface area contributed by atoms with Crippen LogP contribution in [0.25, 0.3) is 11.6 Å². The Balaban J connectivity index is 1.51. The zero-order valence-electron chi connectivity index (χ0n) is 17.1. The Labute approximate surface area is 185 Å². The molecule has 2 fully saturated rings. The predicted octanol–water partition coefficient (Wildman–Crippen LogP) is 4.88. The van der Waals surface area contributed by atoms with E-state index in [0.717, 1.165) is 22.8 Å². The zero-order chi connectivity index (χ0) is 21.7. The second-order valence-electron chi connectivity index (χ2n) is 8.44. The number of methoxy groups -OCH3 is 1. The molecule has 0 spiro atoms. The summed E-state index contributed by atoms with van der Waals surface area (Å²) in [5.41, 5.74) is 7.57. The normalized spacial score (nSPS) is 25.2. The number of primary amides is 1. The molecule has 3 aliphatic rings. The number of amides is 3. The number of nitrogens with two attached hydrogens (primary N) is 1. The van der Waals surface area contributed by atoms with Gasteiger partial charge >= 0.3 is 6.03 Å². The highest BCUT2D eigenvalue weighted by molar-refractivity contribution is 6.42. The summed E-state index contributed by atoms with van der Waals surface area (Å²) >= 11 is 6.15.